The summed E-state index contributed by atoms with van der Waals surface area (Å²) in [5.41, 5.74) is 4.64. The van der Waals surface area contributed by atoms with E-state index in [0.29, 0.717) is 12.4 Å². The van der Waals surface area contributed by atoms with Crippen LogP contribution >= 0.6 is 0 Å². The van der Waals surface area contributed by atoms with Crippen LogP contribution in [0.1, 0.15) is 39.7 Å². The van der Waals surface area contributed by atoms with E-state index in [1.165, 1.54) is 10.8 Å². The van der Waals surface area contributed by atoms with Crippen molar-refractivity contribution in [2.45, 2.75) is 40.2 Å². The van der Waals surface area contributed by atoms with E-state index >= 15 is 0 Å². The molecule has 1 N–H and O–H groups in total. The van der Waals surface area contributed by atoms with Gasteiger partial charge < -0.3 is 14.5 Å². The van der Waals surface area contributed by atoms with E-state index in [1.54, 1.807) is 12.3 Å². The van der Waals surface area contributed by atoms with Gasteiger partial charge in [0.2, 0.25) is 5.91 Å². The topological polar surface area (TPSA) is 51.5 Å². The molecular weight excluding hydrogens is 398 g/mol. The van der Waals surface area contributed by atoms with E-state index in [1.807, 2.05) is 32.9 Å². The number of furan rings is 1. The largest absolute Gasteiger partial charge is 0.493 e. The predicted molar refractivity (Wildman–Crippen MR) is 132 cm³/mol. The zero-order chi connectivity index (χ0) is 22.7. The van der Waals surface area contributed by atoms with Crippen LogP contribution < -0.4 is 10.1 Å². The third-order valence-electron chi connectivity index (χ3n) is 5.83. The monoisotopic (exact) mass is 427 g/mol. The zero-order valence-corrected chi connectivity index (χ0v) is 19.1. The Hall–Kier alpha value is -3.53. The van der Waals surface area contributed by atoms with Crippen LogP contribution in [0.2, 0.25) is 0 Å². The Labute approximate surface area is 188 Å². The molecule has 0 spiro atoms. The Morgan fingerprint density at radius 1 is 1.06 bits per heavy atom. The normalized spacial score (nSPS) is 12.8. The highest BCUT2D eigenvalue weighted by atomic mass is 16.5. The molecule has 164 valence electrons. The van der Waals surface area contributed by atoms with Gasteiger partial charge in [-0.25, -0.2) is 0 Å². The number of nitrogens with one attached hydrogen (secondary N) is 1. The lowest BCUT2D eigenvalue weighted by Gasteiger charge is -2.13. The molecule has 1 unspecified atom stereocenters. The molecule has 32 heavy (non-hydrogen) atoms. The number of allylic oxidation sites excluding steroid dienone is 1. The molecule has 1 aromatic heterocycles. The Kier molecular flexibility index (Phi) is 6.31. The fourth-order valence-electron chi connectivity index (χ4n) is 3.97. The molecule has 0 aliphatic carbocycles. The summed E-state index contributed by atoms with van der Waals surface area (Å²) in [7, 11) is 0. The average molecular weight is 428 g/mol. The van der Waals surface area contributed by atoms with Gasteiger partial charge in [0.15, 0.2) is 0 Å². The van der Waals surface area contributed by atoms with Crippen molar-refractivity contribution in [3.8, 4) is 16.9 Å². The summed E-state index contributed by atoms with van der Waals surface area (Å²) in [6.07, 6.45) is 4.34. The van der Waals surface area contributed by atoms with Crippen molar-refractivity contribution in [1.82, 2.24) is 5.32 Å². The maximum Gasteiger partial charge on any atom is 0.244 e. The molecule has 1 atom stereocenters. The summed E-state index contributed by atoms with van der Waals surface area (Å²) in [6.45, 7) is 8.47. The molecule has 3 aromatic carbocycles. The molecule has 4 rings (SSSR count). The summed E-state index contributed by atoms with van der Waals surface area (Å²) < 4.78 is 11.8. The quantitative estimate of drug-likeness (QED) is 0.324. The minimum Gasteiger partial charge on any atom is -0.493 e. The van der Waals surface area contributed by atoms with E-state index in [-0.39, 0.29) is 11.9 Å². The van der Waals surface area contributed by atoms with Gasteiger partial charge in [-0.05, 0) is 55.2 Å². The highest BCUT2D eigenvalue weighted by molar-refractivity contribution is 6.06. The maximum absolute atomic E-state index is 12.5. The lowest BCUT2D eigenvalue weighted by atomic mass is 9.96. The molecule has 4 aromatic rings. The second-order valence-electron chi connectivity index (χ2n) is 8.10. The highest BCUT2D eigenvalue weighted by Gasteiger charge is 2.16. The van der Waals surface area contributed by atoms with Crippen LogP contribution in [-0.4, -0.2) is 18.6 Å². The Morgan fingerprint density at radius 3 is 2.62 bits per heavy atom. The van der Waals surface area contributed by atoms with Gasteiger partial charge >= 0.3 is 0 Å². The van der Waals surface area contributed by atoms with Gasteiger partial charge in [-0.15, -0.1) is 0 Å². The molecule has 0 fully saturated rings. The summed E-state index contributed by atoms with van der Waals surface area (Å²) in [6, 6.07) is 18.8. The van der Waals surface area contributed by atoms with Crippen molar-refractivity contribution < 1.29 is 13.9 Å². The van der Waals surface area contributed by atoms with Crippen molar-refractivity contribution in [2.75, 3.05) is 6.61 Å². The molecule has 0 aliphatic rings. The van der Waals surface area contributed by atoms with Gasteiger partial charge in [0.25, 0.3) is 0 Å². The molecule has 4 heteroatoms. The number of fused-ring (bicyclic) bond motifs is 2. The molecule has 0 radical (unpaired) electrons. The van der Waals surface area contributed by atoms with Gasteiger partial charge in [0, 0.05) is 34.7 Å². The Balaban J connectivity index is 1.85. The zero-order valence-electron chi connectivity index (χ0n) is 19.1. The van der Waals surface area contributed by atoms with Crippen LogP contribution in [0.4, 0.5) is 0 Å². The Bertz CT molecular complexity index is 1290. The van der Waals surface area contributed by atoms with Gasteiger partial charge in [0.1, 0.15) is 11.3 Å². The van der Waals surface area contributed by atoms with E-state index in [9.17, 15) is 4.79 Å². The number of carbonyl (C=O) groups is 1. The first-order valence-electron chi connectivity index (χ1n) is 11.2. The minimum absolute atomic E-state index is 0.0964. The van der Waals surface area contributed by atoms with Gasteiger partial charge in [-0.2, -0.15) is 0 Å². The van der Waals surface area contributed by atoms with Gasteiger partial charge in [-0.1, -0.05) is 49.4 Å². The van der Waals surface area contributed by atoms with Crippen molar-refractivity contribution in [2.24, 2.45) is 0 Å². The molecule has 0 saturated heterocycles. The van der Waals surface area contributed by atoms with Gasteiger partial charge in [0.05, 0.1) is 12.9 Å². The molecule has 0 bridgehead atoms. The first-order chi connectivity index (χ1) is 15.5. The summed E-state index contributed by atoms with van der Waals surface area (Å²) in [5.74, 6) is 0.616. The highest BCUT2D eigenvalue weighted by Crippen LogP contribution is 2.39. The Morgan fingerprint density at radius 2 is 1.84 bits per heavy atom. The standard InChI is InChI=1S/C28H29NO3/c1-5-19(4)29-28(30)14-18(3)23-15-24-25(17-32-27(24)16-26(23)31-6-2)22-13-9-11-20-10-7-8-12-21(20)22/h7-17,19H,5-6H2,1-4H3,(H,29,30)/b18-14+. The molecule has 0 saturated carbocycles. The third kappa shape index (κ3) is 4.26. The van der Waals surface area contributed by atoms with Crippen LogP contribution in [0.5, 0.6) is 5.75 Å². The molecule has 0 aliphatic heterocycles. The van der Waals surface area contributed by atoms with Crippen LogP contribution in [0.25, 0.3) is 38.4 Å². The smallest absolute Gasteiger partial charge is 0.244 e. The van der Waals surface area contributed by atoms with E-state index < -0.39 is 0 Å². The van der Waals surface area contributed by atoms with E-state index in [0.717, 1.165) is 39.7 Å². The van der Waals surface area contributed by atoms with Crippen molar-refractivity contribution >= 4 is 33.2 Å². The van der Waals surface area contributed by atoms with Crippen LogP contribution in [-0.2, 0) is 4.79 Å². The van der Waals surface area contributed by atoms with Crippen molar-refractivity contribution in [1.29, 1.82) is 0 Å². The number of ether oxygens (including phenoxy) is 1. The average Bonchev–Trinajstić information content (AvgIpc) is 3.20. The SMILES string of the molecule is CCOc1cc2occ(-c3cccc4ccccc34)c2cc1/C(C)=C/C(=O)NC(C)CC. The van der Waals surface area contributed by atoms with Crippen molar-refractivity contribution in [3.63, 3.8) is 0 Å². The first kappa shape index (κ1) is 21.7. The number of benzene rings is 3. The number of amides is 1. The van der Waals surface area contributed by atoms with E-state index in [4.69, 9.17) is 9.15 Å². The minimum atomic E-state index is -0.0964. The number of hydrogen-bond donors (Lipinski definition) is 1. The summed E-state index contributed by atoms with van der Waals surface area (Å²) in [4.78, 5) is 12.5. The fourth-order valence-corrected chi connectivity index (χ4v) is 3.97. The third-order valence-corrected chi connectivity index (χ3v) is 5.83. The van der Waals surface area contributed by atoms with Crippen LogP contribution in [0.3, 0.4) is 0 Å². The molecular formula is C28H29NO3. The summed E-state index contributed by atoms with van der Waals surface area (Å²) in [5, 5.41) is 6.35. The number of hydrogen-bond acceptors (Lipinski definition) is 3. The van der Waals surface area contributed by atoms with Crippen LogP contribution in [0.15, 0.2) is 71.4 Å². The molecule has 4 nitrogen and oxygen atoms in total. The first-order valence-corrected chi connectivity index (χ1v) is 11.2. The summed E-state index contributed by atoms with van der Waals surface area (Å²) >= 11 is 0. The lowest BCUT2D eigenvalue weighted by Crippen LogP contribution is -2.30. The lowest BCUT2D eigenvalue weighted by molar-refractivity contribution is -0.117. The second-order valence-corrected chi connectivity index (χ2v) is 8.10. The van der Waals surface area contributed by atoms with Gasteiger partial charge in [-0.3, -0.25) is 4.79 Å². The molecule has 1 heterocycles. The predicted octanol–water partition coefficient (Wildman–Crippen LogP) is 6.97. The number of rotatable bonds is 7. The second kappa shape index (κ2) is 9.31. The van der Waals surface area contributed by atoms with Crippen molar-refractivity contribution in [3.05, 3.63) is 72.5 Å². The maximum atomic E-state index is 12.5. The fraction of sp³-hybridized carbons (Fsp3) is 0.250. The van der Waals surface area contributed by atoms with Crippen LogP contribution in [0, 0.1) is 0 Å². The number of carbonyl (C=O) groups excluding carboxylic acids is 1. The van der Waals surface area contributed by atoms with E-state index in [2.05, 4.69) is 54.7 Å². The molecule has 1 amide bonds.